The molecular formula is C7H6F3N3O2. The number of carbonyl (C=O) groups is 1. The number of urea groups is 1. The SMILES string of the molecule is NC(=O)N=c1cc(C(F)(F)F)ccn1O. The first-order valence-corrected chi connectivity index (χ1v) is 3.64. The molecule has 0 spiro atoms. The Labute approximate surface area is 81.2 Å². The minimum Gasteiger partial charge on any atom is -0.427 e. The molecule has 1 rings (SSSR count). The topological polar surface area (TPSA) is 80.6 Å². The summed E-state index contributed by atoms with van der Waals surface area (Å²) in [5.41, 5.74) is 3.02. The molecule has 3 N–H and O–H groups in total. The van der Waals surface area contributed by atoms with Crippen molar-refractivity contribution in [2.24, 2.45) is 10.7 Å². The van der Waals surface area contributed by atoms with Crippen LogP contribution >= 0.6 is 0 Å². The van der Waals surface area contributed by atoms with E-state index in [0.717, 1.165) is 0 Å². The average molecular weight is 221 g/mol. The summed E-state index contributed by atoms with van der Waals surface area (Å²) in [6, 6.07) is -0.0535. The van der Waals surface area contributed by atoms with Gasteiger partial charge in [-0.25, -0.2) is 4.79 Å². The van der Waals surface area contributed by atoms with Gasteiger partial charge >= 0.3 is 12.2 Å². The zero-order chi connectivity index (χ0) is 11.6. The van der Waals surface area contributed by atoms with Gasteiger partial charge in [0.25, 0.3) is 0 Å². The normalized spacial score (nSPS) is 12.9. The molecule has 2 amide bonds. The van der Waals surface area contributed by atoms with Crippen LogP contribution in [0.4, 0.5) is 18.0 Å². The van der Waals surface area contributed by atoms with Crippen LogP contribution in [0.1, 0.15) is 5.56 Å². The number of primary amides is 1. The van der Waals surface area contributed by atoms with Gasteiger partial charge in [-0.15, -0.1) is 0 Å². The fraction of sp³-hybridized carbons (Fsp3) is 0.143. The monoisotopic (exact) mass is 221 g/mol. The van der Waals surface area contributed by atoms with E-state index in [1.54, 1.807) is 0 Å². The maximum atomic E-state index is 12.2. The van der Waals surface area contributed by atoms with Crippen molar-refractivity contribution in [2.75, 3.05) is 0 Å². The molecule has 82 valence electrons. The van der Waals surface area contributed by atoms with Crippen LogP contribution in [0.2, 0.25) is 0 Å². The summed E-state index contributed by atoms with van der Waals surface area (Å²) in [4.78, 5) is 13.3. The van der Waals surface area contributed by atoms with Crippen molar-refractivity contribution in [3.05, 3.63) is 29.4 Å². The largest absolute Gasteiger partial charge is 0.427 e. The van der Waals surface area contributed by atoms with Gasteiger partial charge in [-0.2, -0.15) is 22.9 Å². The smallest absolute Gasteiger partial charge is 0.416 e. The molecule has 0 fully saturated rings. The quantitative estimate of drug-likeness (QED) is 0.633. The van der Waals surface area contributed by atoms with Gasteiger partial charge in [0, 0.05) is 6.20 Å². The van der Waals surface area contributed by atoms with Gasteiger partial charge < -0.3 is 10.9 Å². The third-order valence-electron chi connectivity index (χ3n) is 1.47. The Morgan fingerprint density at radius 1 is 1.53 bits per heavy atom. The molecule has 1 aromatic rings. The van der Waals surface area contributed by atoms with Gasteiger partial charge in [0.1, 0.15) is 0 Å². The molecule has 0 aliphatic rings. The second-order valence-corrected chi connectivity index (χ2v) is 2.57. The highest BCUT2D eigenvalue weighted by atomic mass is 19.4. The minimum atomic E-state index is -4.57. The van der Waals surface area contributed by atoms with Crippen LogP contribution in [-0.4, -0.2) is 16.0 Å². The molecule has 0 aromatic carbocycles. The minimum absolute atomic E-state index is 0.264. The summed E-state index contributed by atoms with van der Waals surface area (Å²) in [5.74, 6) is 0. The number of hydrogen-bond acceptors (Lipinski definition) is 2. The standard InChI is InChI=1S/C7H6F3N3O2/c8-7(9,10)4-1-2-13(15)5(3-4)12-6(11)14/h1-3,15H,(H2,11,14). The molecule has 0 saturated carbocycles. The molecule has 0 bridgehead atoms. The Hall–Kier alpha value is -1.99. The van der Waals surface area contributed by atoms with E-state index in [1.165, 1.54) is 0 Å². The maximum Gasteiger partial charge on any atom is 0.416 e. The van der Waals surface area contributed by atoms with E-state index in [9.17, 15) is 18.0 Å². The molecule has 0 saturated heterocycles. The molecule has 5 nitrogen and oxygen atoms in total. The molecule has 0 unspecified atom stereocenters. The van der Waals surface area contributed by atoms with Crippen LogP contribution in [0.3, 0.4) is 0 Å². The molecule has 8 heteroatoms. The highest BCUT2D eigenvalue weighted by molar-refractivity contribution is 5.72. The molecular weight excluding hydrogens is 215 g/mol. The lowest BCUT2D eigenvalue weighted by Crippen LogP contribution is -2.24. The predicted octanol–water partition coefficient (Wildman–Crippen LogP) is 0.724. The number of rotatable bonds is 0. The van der Waals surface area contributed by atoms with Crippen LogP contribution in [-0.2, 0) is 6.18 Å². The zero-order valence-corrected chi connectivity index (χ0v) is 7.19. The lowest BCUT2D eigenvalue weighted by Gasteiger charge is -2.06. The van der Waals surface area contributed by atoms with Crippen molar-refractivity contribution in [1.29, 1.82) is 0 Å². The second kappa shape index (κ2) is 3.64. The first-order chi connectivity index (χ1) is 6.80. The highest BCUT2D eigenvalue weighted by Crippen LogP contribution is 2.27. The Morgan fingerprint density at radius 3 is 2.60 bits per heavy atom. The third kappa shape index (κ3) is 2.73. The molecule has 1 aromatic heterocycles. The molecule has 1 heterocycles. The van der Waals surface area contributed by atoms with E-state index in [2.05, 4.69) is 10.7 Å². The summed E-state index contributed by atoms with van der Waals surface area (Å²) in [6.45, 7) is 0. The Bertz CT molecular complexity index is 450. The van der Waals surface area contributed by atoms with Gasteiger partial charge in [-0.3, -0.25) is 0 Å². The summed E-state index contributed by atoms with van der Waals surface area (Å²) >= 11 is 0. The molecule has 0 atom stereocenters. The van der Waals surface area contributed by atoms with E-state index in [-0.39, 0.29) is 4.73 Å². The van der Waals surface area contributed by atoms with Crippen LogP contribution in [0.25, 0.3) is 0 Å². The molecule has 0 radical (unpaired) electrons. The number of hydrogen-bond donors (Lipinski definition) is 2. The van der Waals surface area contributed by atoms with Crippen molar-refractivity contribution in [3.8, 4) is 0 Å². The Balaban J connectivity index is 3.36. The van der Waals surface area contributed by atoms with Gasteiger partial charge in [-0.1, -0.05) is 0 Å². The van der Waals surface area contributed by atoms with E-state index < -0.39 is 23.3 Å². The number of carbonyl (C=O) groups excluding carboxylic acids is 1. The Kier molecular flexibility index (Phi) is 2.69. The van der Waals surface area contributed by atoms with Gasteiger partial charge in [-0.05, 0) is 12.1 Å². The van der Waals surface area contributed by atoms with Crippen molar-refractivity contribution >= 4 is 6.03 Å². The van der Waals surface area contributed by atoms with E-state index in [0.29, 0.717) is 18.3 Å². The van der Waals surface area contributed by atoms with Crippen molar-refractivity contribution in [1.82, 2.24) is 4.73 Å². The molecule has 0 aliphatic carbocycles. The highest BCUT2D eigenvalue weighted by Gasteiger charge is 2.30. The zero-order valence-electron chi connectivity index (χ0n) is 7.19. The van der Waals surface area contributed by atoms with Crippen molar-refractivity contribution in [3.63, 3.8) is 0 Å². The summed E-state index contributed by atoms with van der Waals surface area (Å²) in [5, 5.41) is 9.00. The molecule has 0 aliphatic heterocycles. The van der Waals surface area contributed by atoms with Crippen LogP contribution in [0.15, 0.2) is 23.3 Å². The van der Waals surface area contributed by atoms with E-state index in [4.69, 9.17) is 5.21 Å². The van der Waals surface area contributed by atoms with Crippen molar-refractivity contribution < 1.29 is 23.2 Å². The van der Waals surface area contributed by atoms with E-state index in [1.807, 2.05) is 0 Å². The fourth-order valence-electron chi connectivity index (χ4n) is 0.853. The summed E-state index contributed by atoms with van der Waals surface area (Å²) < 4.78 is 36.8. The third-order valence-corrected chi connectivity index (χ3v) is 1.47. The van der Waals surface area contributed by atoms with E-state index >= 15 is 0 Å². The fourth-order valence-corrected chi connectivity index (χ4v) is 0.853. The lowest BCUT2D eigenvalue weighted by atomic mass is 10.2. The molecule has 15 heavy (non-hydrogen) atoms. The second-order valence-electron chi connectivity index (χ2n) is 2.57. The first-order valence-electron chi connectivity index (χ1n) is 3.64. The number of alkyl halides is 3. The summed E-state index contributed by atoms with van der Waals surface area (Å²) in [6.07, 6.45) is -3.86. The maximum absolute atomic E-state index is 12.2. The van der Waals surface area contributed by atoms with Crippen LogP contribution in [0, 0.1) is 0 Å². The number of halogens is 3. The number of amides is 2. The predicted molar refractivity (Wildman–Crippen MR) is 41.8 cm³/mol. The van der Waals surface area contributed by atoms with Crippen LogP contribution < -0.4 is 11.2 Å². The van der Waals surface area contributed by atoms with Crippen molar-refractivity contribution in [2.45, 2.75) is 6.18 Å². The van der Waals surface area contributed by atoms with Gasteiger partial charge in [0.15, 0.2) is 5.49 Å². The number of nitrogens with zero attached hydrogens (tertiary/aromatic N) is 2. The Morgan fingerprint density at radius 2 is 2.13 bits per heavy atom. The number of aromatic nitrogens is 1. The number of nitrogens with two attached hydrogens (primary N) is 1. The summed E-state index contributed by atoms with van der Waals surface area (Å²) in [7, 11) is 0. The number of pyridine rings is 1. The first kappa shape index (κ1) is 11.1. The van der Waals surface area contributed by atoms with Crippen LogP contribution in [0.5, 0.6) is 0 Å². The van der Waals surface area contributed by atoms with Gasteiger partial charge in [0.05, 0.1) is 5.56 Å². The average Bonchev–Trinajstić information content (AvgIpc) is 2.06. The van der Waals surface area contributed by atoms with Gasteiger partial charge in [0.2, 0.25) is 0 Å². The lowest BCUT2D eigenvalue weighted by molar-refractivity contribution is -0.137.